The van der Waals surface area contributed by atoms with Crippen molar-refractivity contribution in [1.82, 2.24) is 9.78 Å². The zero-order valence-corrected chi connectivity index (χ0v) is 14.0. The number of hydrogen-bond acceptors (Lipinski definition) is 2. The molecule has 1 N–H and O–H groups in total. The van der Waals surface area contributed by atoms with Crippen LogP contribution < -0.4 is 5.32 Å². The SMILES string of the molecule is Cn1cc(CC(=O)Nc2ccccc2-c2ccc(F)cc2F)c(CF)n1. The third-order valence-corrected chi connectivity index (χ3v) is 3.89. The zero-order chi connectivity index (χ0) is 18.7. The van der Waals surface area contributed by atoms with Crippen molar-refractivity contribution in [3.05, 3.63) is 71.6 Å². The number of para-hydroxylation sites is 1. The first kappa shape index (κ1) is 17.7. The molecule has 26 heavy (non-hydrogen) atoms. The molecule has 0 spiro atoms. The van der Waals surface area contributed by atoms with Crippen molar-refractivity contribution in [3.63, 3.8) is 0 Å². The molecule has 134 valence electrons. The third kappa shape index (κ3) is 3.77. The van der Waals surface area contributed by atoms with E-state index in [2.05, 4.69) is 10.4 Å². The molecule has 7 heteroatoms. The molecule has 2 aromatic carbocycles. The number of alkyl halides is 1. The zero-order valence-electron chi connectivity index (χ0n) is 14.0. The van der Waals surface area contributed by atoms with Gasteiger partial charge in [-0.25, -0.2) is 13.2 Å². The van der Waals surface area contributed by atoms with Gasteiger partial charge < -0.3 is 5.32 Å². The molecule has 0 aliphatic rings. The fraction of sp³-hybridized carbons (Fsp3) is 0.158. The minimum atomic E-state index is -0.763. The van der Waals surface area contributed by atoms with E-state index in [0.717, 1.165) is 12.1 Å². The van der Waals surface area contributed by atoms with Crippen LogP contribution in [0.1, 0.15) is 11.3 Å². The summed E-state index contributed by atoms with van der Waals surface area (Å²) in [5.41, 5.74) is 1.68. The summed E-state index contributed by atoms with van der Waals surface area (Å²) >= 11 is 0. The first-order chi connectivity index (χ1) is 12.5. The van der Waals surface area contributed by atoms with Gasteiger partial charge in [-0.2, -0.15) is 5.10 Å². The van der Waals surface area contributed by atoms with E-state index in [1.165, 1.54) is 10.7 Å². The van der Waals surface area contributed by atoms with Crippen LogP contribution in [-0.2, 0) is 24.9 Å². The van der Waals surface area contributed by atoms with Gasteiger partial charge >= 0.3 is 0 Å². The van der Waals surface area contributed by atoms with Gasteiger partial charge in [0, 0.05) is 41.7 Å². The number of rotatable bonds is 5. The lowest BCUT2D eigenvalue weighted by atomic mass is 10.0. The molecule has 0 atom stereocenters. The number of halogens is 3. The van der Waals surface area contributed by atoms with Gasteiger partial charge in [-0.15, -0.1) is 0 Å². The highest BCUT2D eigenvalue weighted by atomic mass is 19.1. The number of aromatic nitrogens is 2. The second-order valence-electron chi connectivity index (χ2n) is 5.80. The first-order valence-electron chi connectivity index (χ1n) is 7.89. The molecule has 4 nitrogen and oxygen atoms in total. The number of nitrogens with one attached hydrogen (secondary N) is 1. The van der Waals surface area contributed by atoms with Crippen molar-refractivity contribution in [2.24, 2.45) is 7.05 Å². The Balaban J connectivity index is 1.85. The number of nitrogens with zero attached hydrogens (tertiary/aromatic N) is 2. The van der Waals surface area contributed by atoms with E-state index >= 15 is 0 Å². The van der Waals surface area contributed by atoms with Gasteiger partial charge in [0.15, 0.2) is 0 Å². The van der Waals surface area contributed by atoms with Crippen molar-refractivity contribution in [2.45, 2.75) is 13.1 Å². The quantitative estimate of drug-likeness (QED) is 0.748. The summed E-state index contributed by atoms with van der Waals surface area (Å²) in [5, 5.41) is 6.65. The topological polar surface area (TPSA) is 46.9 Å². The second-order valence-corrected chi connectivity index (χ2v) is 5.80. The average molecular weight is 359 g/mol. The number of carbonyl (C=O) groups excluding carboxylic acids is 1. The molecule has 3 rings (SSSR count). The number of amides is 1. The molecule has 0 fully saturated rings. The highest BCUT2D eigenvalue weighted by molar-refractivity contribution is 5.96. The Morgan fingerprint density at radius 1 is 1.15 bits per heavy atom. The molecule has 0 radical (unpaired) electrons. The number of benzene rings is 2. The molecule has 0 aliphatic heterocycles. The second kappa shape index (κ2) is 7.43. The summed E-state index contributed by atoms with van der Waals surface area (Å²) < 4.78 is 41.6. The Hall–Kier alpha value is -3.09. The van der Waals surface area contributed by atoms with Gasteiger partial charge in [-0.05, 0) is 18.2 Å². The molecule has 0 saturated carbocycles. The summed E-state index contributed by atoms with van der Waals surface area (Å²) in [6, 6.07) is 9.89. The molecule has 0 unspecified atom stereocenters. The summed E-state index contributed by atoms with van der Waals surface area (Å²) in [5.74, 6) is -1.79. The average Bonchev–Trinajstić information content (AvgIpc) is 2.95. The fourth-order valence-electron chi connectivity index (χ4n) is 2.75. The molecule has 0 bridgehead atoms. The fourth-order valence-corrected chi connectivity index (χ4v) is 2.75. The van der Waals surface area contributed by atoms with Gasteiger partial charge in [0.1, 0.15) is 18.3 Å². The molecule has 1 heterocycles. The standard InChI is InChI=1S/C19H16F3N3O/c1-25-11-12(18(10-20)24-25)8-19(26)23-17-5-3-2-4-15(17)14-7-6-13(21)9-16(14)22/h2-7,9,11H,8,10H2,1H3,(H,23,26). The lowest BCUT2D eigenvalue weighted by molar-refractivity contribution is -0.115. The maximum absolute atomic E-state index is 14.1. The van der Waals surface area contributed by atoms with E-state index in [-0.39, 0.29) is 23.6 Å². The Morgan fingerprint density at radius 2 is 1.92 bits per heavy atom. The minimum Gasteiger partial charge on any atom is -0.325 e. The first-order valence-corrected chi connectivity index (χ1v) is 7.89. The van der Waals surface area contributed by atoms with E-state index in [4.69, 9.17) is 0 Å². The van der Waals surface area contributed by atoms with Gasteiger partial charge in [-0.1, -0.05) is 18.2 Å². The lowest BCUT2D eigenvalue weighted by Gasteiger charge is -2.12. The lowest BCUT2D eigenvalue weighted by Crippen LogP contribution is -2.15. The largest absolute Gasteiger partial charge is 0.325 e. The Kier molecular flexibility index (Phi) is 5.06. The summed E-state index contributed by atoms with van der Waals surface area (Å²) in [6.07, 6.45) is 1.52. The summed E-state index contributed by atoms with van der Waals surface area (Å²) in [7, 11) is 1.65. The van der Waals surface area contributed by atoms with Crippen LogP contribution in [0.4, 0.5) is 18.9 Å². The van der Waals surface area contributed by atoms with Crippen LogP contribution in [0.25, 0.3) is 11.1 Å². The number of carbonyl (C=O) groups is 1. The van der Waals surface area contributed by atoms with Crippen LogP contribution in [0, 0.1) is 11.6 Å². The smallest absolute Gasteiger partial charge is 0.228 e. The maximum atomic E-state index is 14.1. The molecule has 1 amide bonds. The van der Waals surface area contributed by atoms with Crippen molar-refractivity contribution in [2.75, 3.05) is 5.32 Å². The normalized spacial score (nSPS) is 10.8. The molecule has 0 saturated heterocycles. The van der Waals surface area contributed by atoms with Crippen LogP contribution in [0.15, 0.2) is 48.7 Å². The van der Waals surface area contributed by atoms with Crippen molar-refractivity contribution in [1.29, 1.82) is 0 Å². The van der Waals surface area contributed by atoms with Crippen LogP contribution in [-0.4, -0.2) is 15.7 Å². The van der Waals surface area contributed by atoms with Crippen molar-refractivity contribution >= 4 is 11.6 Å². The Bertz CT molecular complexity index is 953. The van der Waals surface area contributed by atoms with Crippen LogP contribution in [0.5, 0.6) is 0 Å². The number of aryl methyl sites for hydroxylation is 1. The summed E-state index contributed by atoms with van der Waals surface area (Å²) in [6.45, 7) is -0.763. The molecule has 0 aliphatic carbocycles. The highest BCUT2D eigenvalue weighted by Gasteiger charge is 2.15. The predicted octanol–water partition coefficient (Wildman–Crippen LogP) is 4.02. The molecular weight excluding hydrogens is 343 g/mol. The van der Waals surface area contributed by atoms with Gasteiger partial charge in [0.25, 0.3) is 0 Å². The van der Waals surface area contributed by atoms with Gasteiger partial charge in [0.2, 0.25) is 5.91 Å². The maximum Gasteiger partial charge on any atom is 0.228 e. The van der Waals surface area contributed by atoms with E-state index in [1.54, 1.807) is 37.5 Å². The summed E-state index contributed by atoms with van der Waals surface area (Å²) in [4.78, 5) is 12.4. The minimum absolute atomic E-state index is 0.0622. The third-order valence-electron chi connectivity index (χ3n) is 3.89. The van der Waals surface area contributed by atoms with E-state index in [9.17, 15) is 18.0 Å². The van der Waals surface area contributed by atoms with Crippen molar-refractivity contribution in [3.8, 4) is 11.1 Å². The van der Waals surface area contributed by atoms with E-state index in [1.807, 2.05) is 0 Å². The molecule has 3 aromatic rings. The van der Waals surface area contributed by atoms with E-state index in [0.29, 0.717) is 16.8 Å². The molecular formula is C19H16F3N3O. The van der Waals surface area contributed by atoms with Crippen LogP contribution in [0.3, 0.4) is 0 Å². The van der Waals surface area contributed by atoms with E-state index < -0.39 is 18.3 Å². The number of hydrogen-bond donors (Lipinski definition) is 1. The highest BCUT2D eigenvalue weighted by Crippen LogP contribution is 2.30. The van der Waals surface area contributed by atoms with Gasteiger partial charge in [0.05, 0.1) is 12.1 Å². The van der Waals surface area contributed by atoms with Crippen LogP contribution in [0.2, 0.25) is 0 Å². The monoisotopic (exact) mass is 359 g/mol. The Labute approximate surface area is 148 Å². The Morgan fingerprint density at radius 3 is 2.65 bits per heavy atom. The van der Waals surface area contributed by atoms with Gasteiger partial charge in [-0.3, -0.25) is 9.48 Å². The molecule has 1 aromatic heterocycles. The van der Waals surface area contributed by atoms with Crippen molar-refractivity contribution < 1.29 is 18.0 Å². The number of anilines is 1. The predicted molar refractivity (Wildman–Crippen MR) is 92.1 cm³/mol. The van der Waals surface area contributed by atoms with Crippen LogP contribution >= 0.6 is 0 Å².